The number of aliphatic hydroxyl groups excluding tert-OH is 4. The second-order valence-electron chi connectivity index (χ2n) is 13.0. The van der Waals surface area contributed by atoms with Gasteiger partial charge in [-0.1, -0.05) is 6.92 Å². The van der Waals surface area contributed by atoms with Crippen LogP contribution in [0.3, 0.4) is 0 Å². The summed E-state index contributed by atoms with van der Waals surface area (Å²) in [5.74, 6) is -4.12. The monoisotopic (exact) mass is 554 g/mol. The van der Waals surface area contributed by atoms with Crippen molar-refractivity contribution in [3.05, 3.63) is 0 Å². The molecule has 1 saturated heterocycles. The van der Waals surface area contributed by atoms with Crippen molar-refractivity contribution in [1.29, 1.82) is 0 Å². The fourth-order valence-corrected chi connectivity index (χ4v) is 9.39. The van der Waals surface area contributed by atoms with E-state index in [0.717, 1.165) is 51.4 Å². The Labute approximate surface area is 227 Å². The molecule has 5 fully saturated rings. The molecule has 220 valence electrons. The van der Waals surface area contributed by atoms with Gasteiger partial charge in [0.15, 0.2) is 18.0 Å². The van der Waals surface area contributed by atoms with Crippen molar-refractivity contribution < 1.29 is 54.5 Å². The van der Waals surface area contributed by atoms with Crippen LogP contribution in [0.5, 0.6) is 0 Å². The number of aliphatic carboxylic acids is 1. The molecule has 11 heteroatoms. The molecule has 0 radical (unpaired) electrons. The lowest BCUT2D eigenvalue weighted by molar-refractivity contribution is -0.363. The van der Waals surface area contributed by atoms with Crippen molar-refractivity contribution in [3.63, 3.8) is 0 Å². The van der Waals surface area contributed by atoms with Gasteiger partial charge in [0.1, 0.15) is 24.4 Å². The average molecular weight is 555 g/mol. The Morgan fingerprint density at radius 3 is 2.28 bits per heavy atom. The average Bonchev–Trinajstić information content (AvgIpc) is 3.25. The Morgan fingerprint density at radius 2 is 1.62 bits per heavy atom. The van der Waals surface area contributed by atoms with Crippen LogP contribution in [0.4, 0.5) is 0 Å². The van der Waals surface area contributed by atoms with Crippen molar-refractivity contribution >= 4 is 17.7 Å². The summed E-state index contributed by atoms with van der Waals surface area (Å²) in [4.78, 5) is 36.7. The van der Waals surface area contributed by atoms with Crippen molar-refractivity contribution in [3.8, 4) is 0 Å². The number of carboxylic acids is 1. The van der Waals surface area contributed by atoms with Gasteiger partial charge >= 0.3 is 11.9 Å². The van der Waals surface area contributed by atoms with E-state index in [4.69, 9.17) is 9.47 Å². The van der Waals surface area contributed by atoms with Gasteiger partial charge in [0.25, 0.3) is 0 Å². The van der Waals surface area contributed by atoms with E-state index in [1.165, 1.54) is 6.92 Å². The van der Waals surface area contributed by atoms with E-state index in [1.54, 1.807) is 0 Å². The van der Waals surface area contributed by atoms with Crippen LogP contribution >= 0.6 is 0 Å². The van der Waals surface area contributed by atoms with Crippen LogP contribution < -0.4 is 0 Å². The Hall–Kier alpha value is -1.63. The van der Waals surface area contributed by atoms with E-state index >= 15 is 0 Å². The minimum absolute atomic E-state index is 0.00681. The summed E-state index contributed by atoms with van der Waals surface area (Å²) < 4.78 is 10.5. The smallest absolute Gasteiger partial charge is 0.335 e. The first-order valence-corrected chi connectivity index (χ1v) is 14.4. The van der Waals surface area contributed by atoms with Crippen LogP contribution in [0, 0.1) is 40.9 Å². The van der Waals surface area contributed by atoms with E-state index in [1.807, 2.05) is 0 Å². The standard InChI is InChI=1S/C28H42O11/c1-12(29)38-14-4-6-15-13(11-14)3-5-17-16(15)9-10-27(2)18(17)7-8-19(27)20(30)24(33)28(37)25(34)22(32)21(31)23(39-28)26(35)36/h13-19,21-25,31-34,37H,3-11H2,1-2H3,(H,35,36)/t13-,14+,15+,16-,17-,18+,19-,21+,22+,23+,24?,25-,27+,28?/m1/s1. The third kappa shape index (κ3) is 4.63. The molecular weight excluding hydrogens is 512 g/mol. The number of ketones is 1. The SMILES string of the molecule is CC(=O)O[C@H]1CC[C@H]2[C@H](CC[C@@H]3[C@@H]2CC[C@]2(C)[C@@H](C(=O)C(O)C4(O)O[C@H](C(=O)O)[C@@H](O)[C@H](O)[C@H]4O)CC[C@@H]32)C1. The molecule has 39 heavy (non-hydrogen) atoms. The van der Waals surface area contributed by atoms with Crippen molar-refractivity contribution in [1.82, 2.24) is 0 Å². The summed E-state index contributed by atoms with van der Waals surface area (Å²) in [6.07, 6.45) is -3.08. The zero-order valence-corrected chi connectivity index (χ0v) is 22.5. The van der Waals surface area contributed by atoms with Crippen molar-refractivity contribution in [2.45, 2.75) is 114 Å². The van der Waals surface area contributed by atoms with Gasteiger partial charge in [-0.3, -0.25) is 9.59 Å². The van der Waals surface area contributed by atoms with Crippen LogP contribution in [-0.2, 0) is 23.9 Å². The predicted molar refractivity (Wildman–Crippen MR) is 133 cm³/mol. The van der Waals surface area contributed by atoms with Gasteiger partial charge in [-0.05, 0) is 92.8 Å². The van der Waals surface area contributed by atoms with Gasteiger partial charge in [0, 0.05) is 12.8 Å². The van der Waals surface area contributed by atoms with Gasteiger partial charge in [0.05, 0.1) is 0 Å². The number of rotatable bonds is 5. The number of hydrogen-bond donors (Lipinski definition) is 6. The van der Waals surface area contributed by atoms with E-state index in [2.05, 4.69) is 6.92 Å². The van der Waals surface area contributed by atoms with Gasteiger partial charge in [-0.15, -0.1) is 0 Å². The molecule has 0 aromatic rings. The highest BCUT2D eigenvalue weighted by molar-refractivity contribution is 5.87. The van der Waals surface area contributed by atoms with Gasteiger partial charge < -0.3 is 40.1 Å². The van der Waals surface area contributed by atoms with Gasteiger partial charge in [-0.2, -0.15) is 0 Å². The van der Waals surface area contributed by atoms with E-state index in [-0.39, 0.29) is 18.0 Å². The number of esters is 1. The van der Waals surface area contributed by atoms with E-state index in [0.29, 0.717) is 30.1 Å². The minimum Gasteiger partial charge on any atom is -0.479 e. The first-order chi connectivity index (χ1) is 18.3. The maximum absolute atomic E-state index is 13.7. The summed E-state index contributed by atoms with van der Waals surface area (Å²) in [7, 11) is 0. The second kappa shape index (κ2) is 10.3. The highest BCUT2D eigenvalue weighted by Crippen LogP contribution is 2.64. The molecule has 0 aromatic heterocycles. The normalized spacial score (nSPS) is 50.2. The van der Waals surface area contributed by atoms with Crippen molar-refractivity contribution in [2.75, 3.05) is 0 Å². The number of carbonyl (C=O) groups is 3. The fraction of sp³-hybridized carbons (Fsp3) is 0.893. The van der Waals surface area contributed by atoms with Crippen LogP contribution in [0.25, 0.3) is 0 Å². The molecule has 1 aliphatic heterocycles. The number of carboxylic acid groups (broad SMARTS) is 1. The Kier molecular flexibility index (Phi) is 7.65. The predicted octanol–water partition coefficient (Wildman–Crippen LogP) is 0.372. The van der Waals surface area contributed by atoms with Crippen LogP contribution in [0.2, 0.25) is 0 Å². The fourth-order valence-electron chi connectivity index (χ4n) is 9.39. The topological polar surface area (TPSA) is 191 Å². The second-order valence-corrected chi connectivity index (χ2v) is 13.0. The summed E-state index contributed by atoms with van der Waals surface area (Å²) >= 11 is 0. The molecule has 2 unspecified atom stereocenters. The Bertz CT molecular complexity index is 987. The zero-order chi connectivity index (χ0) is 28.4. The lowest BCUT2D eigenvalue weighted by atomic mass is 9.49. The highest BCUT2D eigenvalue weighted by Gasteiger charge is 2.64. The molecule has 14 atom stereocenters. The molecule has 5 rings (SSSR count). The molecular formula is C28H42O11. The van der Waals surface area contributed by atoms with Crippen molar-refractivity contribution in [2.24, 2.45) is 40.9 Å². The summed E-state index contributed by atoms with van der Waals surface area (Å²) in [5.41, 5.74) is -0.443. The molecule has 1 heterocycles. The number of aliphatic hydroxyl groups is 5. The molecule has 0 aromatic carbocycles. The summed E-state index contributed by atoms with van der Waals surface area (Å²) in [6.45, 7) is 3.51. The molecule has 0 bridgehead atoms. The van der Waals surface area contributed by atoms with E-state index in [9.17, 15) is 45.0 Å². The first-order valence-electron chi connectivity index (χ1n) is 14.4. The lowest BCUT2D eigenvalue weighted by Crippen LogP contribution is -2.71. The number of hydrogen-bond acceptors (Lipinski definition) is 10. The van der Waals surface area contributed by atoms with Gasteiger partial charge in [0.2, 0.25) is 5.79 Å². The third-order valence-corrected chi connectivity index (χ3v) is 11.2. The molecule has 11 nitrogen and oxygen atoms in total. The molecule has 6 N–H and O–H groups in total. The molecule has 4 aliphatic carbocycles. The van der Waals surface area contributed by atoms with E-state index < -0.39 is 59.4 Å². The van der Waals surface area contributed by atoms with Crippen LogP contribution in [0.1, 0.15) is 71.6 Å². The summed E-state index contributed by atoms with van der Waals surface area (Å²) in [6, 6.07) is 0. The summed E-state index contributed by atoms with van der Waals surface area (Å²) in [5, 5.41) is 61.9. The Morgan fingerprint density at radius 1 is 0.923 bits per heavy atom. The lowest BCUT2D eigenvalue weighted by Gasteiger charge is -2.56. The number of carbonyl (C=O) groups excluding carboxylic acids is 2. The third-order valence-electron chi connectivity index (χ3n) is 11.2. The largest absolute Gasteiger partial charge is 0.479 e. The van der Waals surface area contributed by atoms with Crippen LogP contribution in [0.15, 0.2) is 0 Å². The molecule has 5 aliphatic rings. The van der Waals surface area contributed by atoms with Crippen LogP contribution in [-0.4, -0.2) is 90.8 Å². The quantitative estimate of drug-likeness (QED) is 0.257. The van der Waals surface area contributed by atoms with Gasteiger partial charge in [-0.25, -0.2) is 4.79 Å². The highest BCUT2D eigenvalue weighted by atomic mass is 16.7. The number of ether oxygens (including phenoxy) is 2. The molecule has 0 amide bonds. The maximum atomic E-state index is 13.7. The number of fused-ring (bicyclic) bond motifs is 5. The number of Topliss-reactive ketones (excluding diaryl/α,β-unsaturated/α-hetero) is 1. The molecule has 0 spiro atoms. The molecule has 4 saturated carbocycles. The minimum atomic E-state index is -3.08. The first kappa shape index (κ1) is 28.9. The zero-order valence-electron chi connectivity index (χ0n) is 22.5. The Balaban J connectivity index is 1.31. The maximum Gasteiger partial charge on any atom is 0.335 e.